The summed E-state index contributed by atoms with van der Waals surface area (Å²) in [5.74, 6) is -3.22. The molecule has 9 nitrogen and oxygen atoms in total. The van der Waals surface area contributed by atoms with Crippen LogP contribution in [-0.4, -0.2) is 72.1 Å². The lowest BCUT2D eigenvalue weighted by Gasteiger charge is -2.43. The molecule has 0 aliphatic rings. The average Bonchev–Trinajstić information content (AvgIpc) is 2.54. The summed E-state index contributed by atoms with van der Waals surface area (Å²) in [6, 6.07) is 0. The largest absolute Gasteiger partial charge is 0.348 e. The van der Waals surface area contributed by atoms with Gasteiger partial charge >= 0.3 is 4.27 Å². The molecule has 0 saturated carbocycles. The van der Waals surface area contributed by atoms with Gasteiger partial charge in [0.2, 0.25) is 4.08 Å². The Balaban J connectivity index is 7.96. The molecule has 0 radical (unpaired) electrons. The van der Waals surface area contributed by atoms with Gasteiger partial charge in [-0.1, -0.05) is 27.7 Å². The van der Waals surface area contributed by atoms with Crippen LogP contribution in [0.1, 0.15) is 34.6 Å². The van der Waals surface area contributed by atoms with Crippen molar-refractivity contribution in [2.75, 3.05) is 30.1 Å². The zero-order chi connectivity index (χ0) is 20.5. The van der Waals surface area contributed by atoms with Gasteiger partial charge in [0.25, 0.3) is 0 Å². The highest BCUT2D eigenvalue weighted by molar-refractivity contribution is 8.17. The first-order valence-corrected chi connectivity index (χ1v) is 14.1. The van der Waals surface area contributed by atoms with Crippen LogP contribution in [0, 0.1) is 0 Å². The zero-order valence-electron chi connectivity index (χ0n) is 15.1. The van der Waals surface area contributed by atoms with Gasteiger partial charge in [0.15, 0.2) is 39.3 Å². The van der Waals surface area contributed by atoms with Crippen molar-refractivity contribution in [3.63, 3.8) is 0 Å². The number of ether oxygens (including phenoxy) is 1. The molecule has 0 aliphatic heterocycles. The molecule has 13 heteroatoms. The van der Waals surface area contributed by atoms with Gasteiger partial charge in [0.1, 0.15) is 0 Å². The summed E-state index contributed by atoms with van der Waals surface area (Å²) >= 11 is 0. The lowest BCUT2D eigenvalue weighted by molar-refractivity contribution is 0.115. The van der Waals surface area contributed by atoms with E-state index in [1.54, 1.807) is 0 Å². The minimum atomic E-state index is -4.85. The van der Waals surface area contributed by atoms with Crippen LogP contribution < -0.4 is 0 Å². The van der Waals surface area contributed by atoms with E-state index in [2.05, 4.69) is 0 Å². The Morgan fingerprint density at radius 3 is 1.00 bits per heavy atom. The van der Waals surface area contributed by atoms with Crippen molar-refractivity contribution in [2.24, 2.45) is 0 Å². The lowest BCUT2D eigenvalue weighted by atomic mass is 10.5. The second kappa shape index (κ2) is 7.41. The second-order valence-corrected chi connectivity index (χ2v) is 15.8. The number of methoxy groups -OCH3 is 1. The van der Waals surface area contributed by atoms with Crippen molar-refractivity contribution in [1.82, 2.24) is 0 Å². The Hall–Kier alpha value is -0.240. The van der Waals surface area contributed by atoms with E-state index in [0.717, 1.165) is 27.7 Å². The number of hydrogen-bond acceptors (Lipinski definition) is 9. The van der Waals surface area contributed by atoms with Gasteiger partial charge in [0.05, 0.1) is 11.5 Å². The Morgan fingerprint density at radius 1 is 0.600 bits per heavy atom. The molecular formula is C12H26O9S4. The van der Waals surface area contributed by atoms with Gasteiger partial charge in [0, 0.05) is 18.6 Å². The molecule has 0 atom stereocenters. The SMILES string of the molecule is CCS(=O)(=O)C(C)(C(OC)(S(=O)(=O)CC)S(=O)(=O)CC)S(=O)(=O)CC. The van der Waals surface area contributed by atoms with Gasteiger partial charge in [-0.05, 0) is 6.92 Å². The monoisotopic (exact) mass is 442 g/mol. The molecular weight excluding hydrogens is 416 g/mol. The normalized spacial score (nSPS) is 15.3. The molecule has 0 bridgehead atoms. The molecule has 0 aromatic heterocycles. The molecule has 0 aromatic carbocycles. The van der Waals surface area contributed by atoms with Gasteiger partial charge in [-0.15, -0.1) is 0 Å². The van der Waals surface area contributed by atoms with Crippen molar-refractivity contribution in [3.05, 3.63) is 0 Å². The maximum absolute atomic E-state index is 12.8. The van der Waals surface area contributed by atoms with Gasteiger partial charge < -0.3 is 4.74 Å². The second-order valence-electron chi connectivity index (χ2n) is 5.32. The summed E-state index contributed by atoms with van der Waals surface area (Å²) in [5, 5.41) is 0. The summed E-state index contributed by atoms with van der Waals surface area (Å²) in [6.45, 7) is 5.00. The Kier molecular flexibility index (Phi) is 7.34. The molecule has 0 spiro atoms. The van der Waals surface area contributed by atoms with Crippen LogP contribution in [0.15, 0.2) is 0 Å². The first kappa shape index (κ1) is 24.8. The predicted molar refractivity (Wildman–Crippen MR) is 96.0 cm³/mol. The molecule has 0 fully saturated rings. The van der Waals surface area contributed by atoms with Crippen LogP contribution >= 0.6 is 0 Å². The third-order valence-electron chi connectivity index (χ3n) is 4.35. The van der Waals surface area contributed by atoms with E-state index in [4.69, 9.17) is 4.74 Å². The Morgan fingerprint density at radius 2 is 0.840 bits per heavy atom. The number of hydrogen-bond donors (Lipinski definition) is 0. The van der Waals surface area contributed by atoms with Crippen molar-refractivity contribution >= 4 is 39.3 Å². The third-order valence-corrected chi connectivity index (χ3v) is 16.7. The van der Waals surface area contributed by atoms with E-state index < -0.39 is 70.7 Å². The summed E-state index contributed by atoms with van der Waals surface area (Å²) in [4.78, 5) is 0. The number of sulfone groups is 4. The van der Waals surface area contributed by atoms with Crippen LogP contribution in [0.3, 0.4) is 0 Å². The molecule has 0 saturated heterocycles. The molecule has 0 aliphatic carbocycles. The fraction of sp³-hybridized carbons (Fsp3) is 1.00. The Labute approximate surface area is 150 Å². The summed E-state index contributed by atoms with van der Waals surface area (Å²) in [5.41, 5.74) is 0. The van der Waals surface area contributed by atoms with E-state index >= 15 is 0 Å². The summed E-state index contributed by atoms with van der Waals surface area (Å²) in [7, 11) is -18.5. The molecule has 25 heavy (non-hydrogen) atoms. The zero-order valence-corrected chi connectivity index (χ0v) is 18.4. The molecule has 152 valence electrons. The van der Waals surface area contributed by atoms with Crippen LogP contribution in [0.2, 0.25) is 0 Å². The van der Waals surface area contributed by atoms with E-state index in [1.165, 1.54) is 0 Å². The van der Waals surface area contributed by atoms with Crippen LogP contribution in [-0.2, 0) is 44.1 Å². The highest BCUT2D eigenvalue weighted by Gasteiger charge is 2.76. The van der Waals surface area contributed by atoms with Crippen LogP contribution in [0.25, 0.3) is 0 Å². The summed E-state index contributed by atoms with van der Waals surface area (Å²) in [6.07, 6.45) is 0. The number of rotatable bonds is 10. The van der Waals surface area contributed by atoms with Crippen LogP contribution in [0.4, 0.5) is 0 Å². The van der Waals surface area contributed by atoms with Crippen LogP contribution in [0.5, 0.6) is 0 Å². The van der Waals surface area contributed by atoms with E-state index in [9.17, 15) is 33.7 Å². The molecule has 0 aromatic rings. The molecule has 0 unspecified atom stereocenters. The van der Waals surface area contributed by atoms with Crippen molar-refractivity contribution in [3.8, 4) is 0 Å². The van der Waals surface area contributed by atoms with E-state index in [1.807, 2.05) is 0 Å². The van der Waals surface area contributed by atoms with Gasteiger partial charge in [-0.3, -0.25) is 0 Å². The van der Waals surface area contributed by atoms with E-state index in [0.29, 0.717) is 14.0 Å². The minimum absolute atomic E-state index is 0.606. The fourth-order valence-electron chi connectivity index (χ4n) is 2.70. The standard InChI is InChI=1S/C12H26O9S4/c1-7-22(13,14)11(5,23(15,16)8-2)12(21-6,24(17,18)9-3)25(19,20)10-4/h7-10H2,1-6H3. The maximum atomic E-state index is 12.8. The van der Waals surface area contributed by atoms with Crippen molar-refractivity contribution in [1.29, 1.82) is 0 Å². The van der Waals surface area contributed by atoms with Crippen molar-refractivity contribution < 1.29 is 38.4 Å². The predicted octanol–water partition coefficient (Wildman–Crippen LogP) is -0.258. The maximum Gasteiger partial charge on any atom is 0.304 e. The molecule has 0 amide bonds. The smallest absolute Gasteiger partial charge is 0.304 e. The third kappa shape index (κ3) is 3.15. The fourth-order valence-corrected chi connectivity index (χ4v) is 14.7. The van der Waals surface area contributed by atoms with E-state index in [-0.39, 0.29) is 0 Å². The van der Waals surface area contributed by atoms with Crippen molar-refractivity contribution in [2.45, 2.75) is 43.0 Å². The topological polar surface area (TPSA) is 146 Å². The van der Waals surface area contributed by atoms with Gasteiger partial charge in [-0.25, -0.2) is 33.7 Å². The average molecular weight is 443 g/mol. The highest BCUT2D eigenvalue weighted by atomic mass is 32.3. The molecule has 0 N–H and O–H groups in total. The highest BCUT2D eigenvalue weighted by Crippen LogP contribution is 2.47. The van der Waals surface area contributed by atoms with Gasteiger partial charge in [-0.2, -0.15) is 0 Å². The molecule has 0 rings (SSSR count). The quantitative estimate of drug-likeness (QED) is 0.446. The first-order chi connectivity index (χ1) is 11.1. The minimum Gasteiger partial charge on any atom is -0.348 e. The lowest BCUT2D eigenvalue weighted by Crippen LogP contribution is -2.70. The molecule has 0 heterocycles. The first-order valence-electron chi connectivity index (χ1n) is 7.50. The Bertz CT molecular complexity index is 826. The summed E-state index contributed by atoms with van der Waals surface area (Å²) < 4.78 is 100.